The van der Waals surface area contributed by atoms with Crippen molar-refractivity contribution in [3.63, 3.8) is 0 Å². The third-order valence-electron chi connectivity index (χ3n) is 2.75. The van der Waals surface area contributed by atoms with Gasteiger partial charge in [0, 0.05) is 16.2 Å². The van der Waals surface area contributed by atoms with Gasteiger partial charge in [0.25, 0.3) is 0 Å². The average molecular weight is 385 g/mol. The molecule has 8 heteroatoms. The average Bonchev–Trinajstić information content (AvgIpc) is 2.43. The number of benzene rings is 1. The van der Waals surface area contributed by atoms with Gasteiger partial charge >= 0.3 is 6.18 Å². The summed E-state index contributed by atoms with van der Waals surface area (Å²) in [5.74, 6) is -0.861. The first-order valence-electron chi connectivity index (χ1n) is 5.56. The summed E-state index contributed by atoms with van der Waals surface area (Å²) in [6.07, 6.45) is -5.46. The molecule has 21 heavy (non-hydrogen) atoms. The van der Waals surface area contributed by atoms with Gasteiger partial charge in [0.2, 0.25) is 0 Å². The lowest BCUT2D eigenvalue weighted by Crippen LogP contribution is -2.09. The van der Waals surface area contributed by atoms with Crippen LogP contribution in [0.2, 0.25) is 5.02 Å². The second kappa shape index (κ2) is 5.90. The molecule has 0 radical (unpaired) electrons. The zero-order valence-corrected chi connectivity index (χ0v) is 12.5. The highest BCUT2D eigenvalue weighted by Crippen LogP contribution is 2.33. The molecular weight excluding hydrogens is 377 g/mol. The van der Waals surface area contributed by atoms with Gasteiger partial charge in [-0.15, -0.1) is 0 Å². The summed E-state index contributed by atoms with van der Waals surface area (Å²) in [4.78, 5) is 3.52. The Morgan fingerprint density at radius 3 is 2.38 bits per heavy atom. The second-order valence-electron chi connectivity index (χ2n) is 4.14. The zero-order valence-electron chi connectivity index (χ0n) is 10.1. The van der Waals surface area contributed by atoms with E-state index in [-0.39, 0.29) is 16.3 Å². The number of hydrogen-bond acceptors (Lipinski definition) is 2. The summed E-state index contributed by atoms with van der Waals surface area (Å²) >= 11 is 8.72. The van der Waals surface area contributed by atoms with Crippen LogP contribution in [0, 0.1) is 5.82 Å². The molecule has 2 aromatic rings. The molecule has 1 heterocycles. The molecule has 0 amide bonds. The fraction of sp³-hybridized carbons (Fsp3) is 0.154. The SMILES string of the molecule is OC(c1ccc(C(F)(F)F)cn1)c1ccc(Br)c(Cl)c1F. The van der Waals surface area contributed by atoms with E-state index in [1.165, 1.54) is 12.1 Å². The number of aromatic nitrogens is 1. The lowest BCUT2D eigenvalue weighted by molar-refractivity contribution is -0.137. The zero-order chi connectivity index (χ0) is 15.8. The third kappa shape index (κ3) is 3.36. The van der Waals surface area contributed by atoms with Crippen LogP contribution in [0.25, 0.3) is 0 Å². The lowest BCUT2D eigenvalue weighted by Gasteiger charge is -2.14. The Morgan fingerprint density at radius 2 is 1.86 bits per heavy atom. The van der Waals surface area contributed by atoms with E-state index >= 15 is 0 Å². The molecule has 2 nitrogen and oxygen atoms in total. The summed E-state index contributed by atoms with van der Waals surface area (Å²) in [7, 11) is 0. The van der Waals surface area contributed by atoms with Crippen molar-refractivity contribution in [2.75, 3.05) is 0 Å². The standard InChI is InChI=1S/C13H7BrClF4NO/c14-8-3-2-7(11(16)10(8)15)12(21)9-4-1-6(5-20-9)13(17,18)19/h1-5,12,21H. The second-order valence-corrected chi connectivity index (χ2v) is 5.37. The van der Waals surface area contributed by atoms with Crippen LogP contribution in [0.4, 0.5) is 17.6 Å². The van der Waals surface area contributed by atoms with Gasteiger partial charge in [0.1, 0.15) is 11.9 Å². The predicted octanol–water partition coefficient (Wildman–Crippen LogP) is 4.74. The van der Waals surface area contributed by atoms with E-state index < -0.39 is 23.7 Å². The highest BCUT2D eigenvalue weighted by Gasteiger charge is 2.31. The van der Waals surface area contributed by atoms with Crippen molar-refractivity contribution in [1.29, 1.82) is 0 Å². The Kier molecular flexibility index (Phi) is 4.55. The molecule has 0 saturated heterocycles. The first-order valence-corrected chi connectivity index (χ1v) is 6.73. The van der Waals surface area contributed by atoms with Crippen molar-refractivity contribution in [1.82, 2.24) is 4.98 Å². The maximum atomic E-state index is 13.9. The van der Waals surface area contributed by atoms with E-state index in [0.29, 0.717) is 10.7 Å². The first-order chi connectivity index (χ1) is 9.71. The van der Waals surface area contributed by atoms with E-state index in [1.54, 1.807) is 0 Å². The molecule has 0 saturated carbocycles. The molecule has 0 fully saturated rings. The number of aliphatic hydroxyl groups is 1. The highest BCUT2D eigenvalue weighted by molar-refractivity contribution is 9.10. The van der Waals surface area contributed by atoms with Crippen LogP contribution in [-0.2, 0) is 6.18 Å². The van der Waals surface area contributed by atoms with Crippen LogP contribution in [0.5, 0.6) is 0 Å². The Labute approximate surface area is 130 Å². The molecule has 1 atom stereocenters. The normalized spacial score (nSPS) is 13.3. The molecule has 0 aliphatic rings. The molecule has 0 aliphatic carbocycles. The van der Waals surface area contributed by atoms with E-state index in [9.17, 15) is 22.7 Å². The van der Waals surface area contributed by atoms with Crippen LogP contribution in [0.15, 0.2) is 34.9 Å². The van der Waals surface area contributed by atoms with Crippen molar-refractivity contribution in [2.24, 2.45) is 0 Å². The van der Waals surface area contributed by atoms with Gasteiger partial charge in [0.05, 0.1) is 16.3 Å². The van der Waals surface area contributed by atoms with E-state index in [4.69, 9.17) is 11.6 Å². The van der Waals surface area contributed by atoms with Crippen LogP contribution in [-0.4, -0.2) is 10.1 Å². The predicted molar refractivity (Wildman–Crippen MR) is 72.4 cm³/mol. The molecule has 1 aromatic carbocycles. The summed E-state index contributed by atoms with van der Waals surface area (Å²) in [6, 6.07) is 4.45. The summed E-state index contributed by atoms with van der Waals surface area (Å²) in [5, 5.41) is 9.80. The maximum absolute atomic E-state index is 13.9. The van der Waals surface area contributed by atoms with Gasteiger partial charge in [-0.05, 0) is 34.1 Å². The molecule has 112 valence electrons. The number of nitrogens with zero attached hydrogens (tertiary/aromatic N) is 1. The van der Waals surface area contributed by atoms with Crippen molar-refractivity contribution < 1.29 is 22.7 Å². The number of halogens is 6. The lowest BCUT2D eigenvalue weighted by atomic mass is 10.0. The maximum Gasteiger partial charge on any atom is 0.417 e. The molecule has 2 rings (SSSR count). The minimum absolute atomic E-state index is 0.111. The molecule has 1 unspecified atom stereocenters. The third-order valence-corrected chi connectivity index (χ3v) is 4.01. The van der Waals surface area contributed by atoms with E-state index in [0.717, 1.165) is 12.1 Å². The van der Waals surface area contributed by atoms with E-state index in [2.05, 4.69) is 20.9 Å². The van der Waals surface area contributed by atoms with Crippen molar-refractivity contribution in [3.8, 4) is 0 Å². The van der Waals surface area contributed by atoms with Crippen LogP contribution in [0.3, 0.4) is 0 Å². The van der Waals surface area contributed by atoms with Crippen LogP contribution >= 0.6 is 27.5 Å². The molecule has 0 spiro atoms. The van der Waals surface area contributed by atoms with Gasteiger partial charge in [-0.1, -0.05) is 17.7 Å². The summed E-state index contributed by atoms with van der Waals surface area (Å²) in [6.45, 7) is 0. The smallest absolute Gasteiger partial charge is 0.382 e. The number of rotatable bonds is 2. The molecule has 0 aliphatic heterocycles. The first kappa shape index (κ1) is 16.2. The summed E-state index contributed by atoms with van der Waals surface area (Å²) in [5.41, 5.74) is -1.23. The number of aliphatic hydroxyl groups excluding tert-OH is 1. The van der Waals surface area contributed by atoms with Gasteiger partial charge in [-0.25, -0.2) is 4.39 Å². The van der Waals surface area contributed by atoms with Crippen LogP contribution < -0.4 is 0 Å². The number of hydrogen-bond donors (Lipinski definition) is 1. The molecular formula is C13H7BrClF4NO. The van der Waals surface area contributed by atoms with Crippen molar-refractivity contribution in [2.45, 2.75) is 12.3 Å². The molecule has 1 aromatic heterocycles. The van der Waals surface area contributed by atoms with Gasteiger partial charge in [-0.3, -0.25) is 4.98 Å². The quantitative estimate of drug-likeness (QED) is 0.599. The fourth-order valence-corrected chi connectivity index (χ4v) is 2.12. The van der Waals surface area contributed by atoms with Crippen molar-refractivity contribution >= 4 is 27.5 Å². The van der Waals surface area contributed by atoms with E-state index in [1.807, 2.05) is 0 Å². The number of alkyl halides is 3. The van der Waals surface area contributed by atoms with Crippen molar-refractivity contribution in [3.05, 3.63) is 62.6 Å². The number of pyridine rings is 1. The largest absolute Gasteiger partial charge is 0.417 e. The Morgan fingerprint density at radius 1 is 1.19 bits per heavy atom. The minimum atomic E-state index is -4.53. The Hall–Kier alpha value is -1.18. The van der Waals surface area contributed by atoms with Gasteiger partial charge in [0.15, 0.2) is 0 Å². The topological polar surface area (TPSA) is 33.1 Å². The Balaban J connectivity index is 2.37. The monoisotopic (exact) mass is 383 g/mol. The minimum Gasteiger partial charge on any atom is -0.382 e. The fourth-order valence-electron chi connectivity index (χ4n) is 1.65. The van der Waals surface area contributed by atoms with Gasteiger partial charge < -0.3 is 5.11 Å². The molecule has 1 N–H and O–H groups in total. The Bertz CT molecular complexity index is 660. The highest BCUT2D eigenvalue weighted by atomic mass is 79.9. The summed E-state index contributed by atoms with van der Waals surface area (Å²) < 4.78 is 51.5. The van der Waals surface area contributed by atoms with Crippen LogP contribution in [0.1, 0.15) is 22.9 Å². The molecule has 0 bridgehead atoms. The van der Waals surface area contributed by atoms with Gasteiger partial charge in [-0.2, -0.15) is 13.2 Å².